The first-order valence-corrected chi connectivity index (χ1v) is 6.49. The standard InChI is InChI=1S/C13H13ClN2O2/c14-11-6-10-8(1-4-16-13(10)17)5-12(11)18-9-2-3-15-7-9/h4-6,9,15H,1-3,7H2/p+1/t9-/m0/s1. The van der Waals surface area contributed by atoms with Gasteiger partial charge in [-0.1, -0.05) is 11.6 Å². The van der Waals surface area contributed by atoms with Crippen LogP contribution >= 0.6 is 11.6 Å². The van der Waals surface area contributed by atoms with Crippen LogP contribution in [0.25, 0.3) is 0 Å². The van der Waals surface area contributed by atoms with Crippen LogP contribution in [-0.4, -0.2) is 31.3 Å². The Bertz CT molecular complexity index is 522. The van der Waals surface area contributed by atoms with Crippen LogP contribution in [0, 0.1) is 0 Å². The highest BCUT2D eigenvalue weighted by molar-refractivity contribution is 6.32. The molecule has 1 atom stereocenters. The van der Waals surface area contributed by atoms with Gasteiger partial charge in [0.05, 0.1) is 11.6 Å². The lowest BCUT2D eigenvalue weighted by molar-refractivity contribution is -0.638. The van der Waals surface area contributed by atoms with E-state index < -0.39 is 0 Å². The van der Waals surface area contributed by atoms with Crippen LogP contribution in [0.1, 0.15) is 22.3 Å². The van der Waals surface area contributed by atoms with E-state index in [0.29, 0.717) is 22.8 Å². The van der Waals surface area contributed by atoms with Gasteiger partial charge < -0.3 is 10.1 Å². The zero-order valence-corrected chi connectivity index (χ0v) is 10.6. The molecule has 0 aromatic heterocycles. The molecule has 0 aliphatic carbocycles. The highest BCUT2D eigenvalue weighted by atomic mass is 35.5. The predicted molar refractivity (Wildman–Crippen MR) is 68.7 cm³/mol. The van der Waals surface area contributed by atoms with Crippen molar-refractivity contribution in [3.8, 4) is 5.75 Å². The number of fused-ring (bicyclic) bond motifs is 1. The van der Waals surface area contributed by atoms with Gasteiger partial charge in [0.15, 0.2) is 6.10 Å². The number of aliphatic imine (C=N–C) groups is 1. The van der Waals surface area contributed by atoms with Crippen LogP contribution in [0.2, 0.25) is 5.02 Å². The molecule has 0 saturated carbocycles. The van der Waals surface area contributed by atoms with E-state index >= 15 is 0 Å². The van der Waals surface area contributed by atoms with Crippen molar-refractivity contribution in [1.29, 1.82) is 0 Å². The Morgan fingerprint density at radius 2 is 2.33 bits per heavy atom. The first-order valence-electron chi connectivity index (χ1n) is 6.11. The molecule has 2 aliphatic heterocycles. The second-order valence-electron chi connectivity index (χ2n) is 4.60. The van der Waals surface area contributed by atoms with Gasteiger partial charge >= 0.3 is 0 Å². The molecule has 94 valence electrons. The Kier molecular flexibility index (Phi) is 3.06. The number of hydrogen-bond acceptors (Lipinski definition) is 2. The SMILES string of the molecule is O=C1N=CCc2cc(O[C@H]3CC[NH2+]C3)c(Cl)cc21. The number of quaternary nitrogens is 1. The Labute approximate surface area is 110 Å². The van der Waals surface area contributed by atoms with Gasteiger partial charge in [-0.3, -0.25) is 4.79 Å². The first-order chi connectivity index (χ1) is 8.74. The van der Waals surface area contributed by atoms with Gasteiger partial charge in [0.25, 0.3) is 5.91 Å². The van der Waals surface area contributed by atoms with E-state index in [1.54, 1.807) is 12.3 Å². The molecule has 3 rings (SSSR count). The second-order valence-corrected chi connectivity index (χ2v) is 5.01. The largest absolute Gasteiger partial charge is 0.483 e. The summed E-state index contributed by atoms with van der Waals surface area (Å²) in [5.41, 5.74) is 1.53. The fourth-order valence-corrected chi connectivity index (χ4v) is 2.57. The number of carbonyl (C=O) groups excluding carboxylic acids is 1. The number of carbonyl (C=O) groups is 1. The van der Waals surface area contributed by atoms with E-state index in [-0.39, 0.29) is 12.0 Å². The summed E-state index contributed by atoms with van der Waals surface area (Å²) in [4.78, 5) is 15.4. The number of nitrogens with zero attached hydrogens (tertiary/aromatic N) is 1. The van der Waals surface area contributed by atoms with Gasteiger partial charge in [-0.2, -0.15) is 0 Å². The van der Waals surface area contributed by atoms with Crippen LogP contribution in [0.4, 0.5) is 0 Å². The normalized spacial score (nSPS) is 22.1. The van der Waals surface area contributed by atoms with Crippen LogP contribution in [0.3, 0.4) is 0 Å². The maximum absolute atomic E-state index is 11.6. The van der Waals surface area contributed by atoms with Crippen molar-refractivity contribution in [3.63, 3.8) is 0 Å². The van der Waals surface area contributed by atoms with Gasteiger partial charge in [-0.05, 0) is 17.7 Å². The molecule has 5 heteroatoms. The van der Waals surface area contributed by atoms with Gasteiger partial charge in [0, 0.05) is 24.6 Å². The molecular formula is C13H14ClN2O2+. The number of nitrogens with two attached hydrogens (primary N) is 1. The molecule has 2 N–H and O–H groups in total. The van der Waals surface area contributed by atoms with Gasteiger partial charge in [0.2, 0.25) is 0 Å². The minimum Gasteiger partial charge on any atom is -0.483 e. The summed E-state index contributed by atoms with van der Waals surface area (Å²) in [7, 11) is 0. The molecule has 0 spiro atoms. The molecule has 0 radical (unpaired) electrons. The third-order valence-corrected chi connectivity index (χ3v) is 3.62. The number of hydrogen-bond donors (Lipinski definition) is 1. The fraction of sp³-hybridized carbons (Fsp3) is 0.385. The quantitative estimate of drug-likeness (QED) is 0.861. The van der Waals surface area contributed by atoms with E-state index in [9.17, 15) is 4.79 Å². The molecule has 18 heavy (non-hydrogen) atoms. The average molecular weight is 266 g/mol. The highest BCUT2D eigenvalue weighted by Gasteiger charge is 2.23. The molecule has 1 aromatic rings. The number of amides is 1. The van der Waals surface area contributed by atoms with Crippen LogP contribution in [-0.2, 0) is 6.42 Å². The molecular weight excluding hydrogens is 252 g/mol. The van der Waals surface area contributed by atoms with Crippen molar-refractivity contribution in [2.24, 2.45) is 4.99 Å². The lowest BCUT2D eigenvalue weighted by Crippen LogP contribution is -2.81. The molecule has 2 heterocycles. The molecule has 2 aliphatic rings. The Morgan fingerprint density at radius 1 is 1.44 bits per heavy atom. The number of benzene rings is 1. The van der Waals surface area contributed by atoms with Crippen molar-refractivity contribution in [1.82, 2.24) is 0 Å². The van der Waals surface area contributed by atoms with Gasteiger partial charge in [-0.25, -0.2) is 4.99 Å². The molecule has 1 saturated heterocycles. The maximum atomic E-state index is 11.6. The minimum atomic E-state index is -0.223. The van der Waals surface area contributed by atoms with E-state index in [4.69, 9.17) is 16.3 Å². The zero-order valence-electron chi connectivity index (χ0n) is 9.86. The Morgan fingerprint density at radius 3 is 3.11 bits per heavy atom. The Hall–Kier alpha value is -1.39. The highest BCUT2D eigenvalue weighted by Crippen LogP contribution is 2.31. The van der Waals surface area contributed by atoms with Crippen LogP contribution < -0.4 is 10.1 Å². The fourth-order valence-electron chi connectivity index (χ4n) is 2.36. The number of ether oxygens (including phenoxy) is 1. The van der Waals surface area contributed by atoms with Crippen molar-refractivity contribution < 1.29 is 14.8 Å². The second kappa shape index (κ2) is 4.71. The lowest BCUT2D eigenvalue weighted by Gasteiger charge is -2.16. The molecule has 0 bridgehead atoms. The summed E-state index contributed by atoms with van der Waals surface area (Å²) in [5, 5.41) is 2.72. The smallest absolute Gasteiger partial charge is 0.276 e. The molecule has 1 aromatic carbocycles. The summed E-state index contributed by atoms with van der Waals surface area (Å²) in [6.07, 6.45) is 3.54. The molecule has 1 amide bonds. The van der Waals surface area contributed by atoms with Gasteiger partial charge in [-0.15, -0.1) is 0 Å². The summed E-state index contributed by atoms with van der Waals surface area (Å²) in [6.45, 7) is 2.06. The summed E-state index contributed by atoms with van der Waals surface area (Å²) in [5.74, 6) is 0.456. The monoisotopic (exact) mass is 265 g/mol. The van der Waals surface area contributed by atoms with Crippen molar-refractivity contribution in [2.45, 2.75) is 18.9 Å². The van der Waals surface area contributed by atoms with E-state index in [0.717, 1.165) is 25.1 Å². The third-order valence-electron chi connectivity index (χ3n) is 3.32. The predicted octanol–water partition coefficient (Wildman–Crippen LogP) is 0.822. The molecule has 4 nitrogen and oxygen atoms in total. The molecule has 0 unspecified atom stereocenters. The van der Waals surface area contributed by atoms with Crippen LogP contribution in [0.15, 0.2) is 17.1 Å². The maximum Gasteiger partial charge on any atom is 0.276 e. The average Bonchev–Trinajstić information content (AvgIpc) is 2.84. The summed E-state index contributed by atoms with van der Waals surface area (Å²) in [6, 6.07) is 3.54. The van der Waals surface area contributed by atoms with E-state index in [1.807, 2.05) is 6.07 Å². The lowest BCUT2D eigenvalue weighted by atomic mass is 10.0. The topological polar surface area (TPSA) is 55.3 Å². The first kappa shape index (κ1) is 11.7. The van der Waals surface area contributed by atoms with E-state index in [2.05, 4.69) is 10.3 Å². The van der Waals surface area contributed by atoms with Crippen molar-refractivity contribution >= 4 is 23.7 Å². The number of halogens is 1. The zero-order chi connectivity index (χ0) is 12.5. The van der Waals surface area contributed by atoms with Crippen molar-refractivity contribution in [3.05, 3.63) is 28.3 Å². The molecule has 1 fully saturated rings. The minimum absolute atomic E-state index is 0.216. The third kappa shape index (κ3) is 2.13. The van der Waals surface area contributed by atoms with E-state index in [1.165, 1.54) is 0 Å². The van der Waals surface area contributed by atoms with Crippen LogP contribution in [0.5, 0.6) is 5.75 Å². The van der Waals surface area contributed by atoms with Crippen molar-refractivity contribution in [2.75, 3.05) is 13.1 Å². The Balaban J connectivity index is 1.89. The van der Waals surface area contributed by atoms with Gasteiger partial charge in [0.1, 0.15) is 12.3 Å². The summed E-state index contributed by atoms with van der Waals surface area (Å²) >= 11 is 6.17. The summed E-state index contributed by atoms with van der Waals surface area (Å²) < 4.78 is 5.89. The number of rotatable bonds is 2.